The maximum absolute atomic E-state index is 12.4. The number of hydrogen-bond acceptors (Lipinski definition) is 3. The Kier molecular flexibility index (Phi) is 5.77. The molecule has 5 nitrogen and oxygen atoms in total. The number of ether oxygens (including phenoxy) is 1. The Balaban J connectivity index is 1.94. The SMILES string of the molecule is CC[S@](=O)[C@@H]1CCCC[C@@H]1NC(=O)N[C@H]1CC(C)(C)OC1(C)C. The molecule has 2 N–H and O–H groups in total. The smallest absolute Gasteiger partial charge is 0.315 e. The first-order valence-electron chi connectivity index (χ1n) is 8.79. The molecule has 1 heterocycles. The Morgan fingerprint density at radius 3 is 2.39 bits per heavy atom. The zero-order valence-corrected chi connectivity index (χ0v) is 15.9. The highest BCUT2D eigenvalue weighted by Crippen LogP contribution is 2.37. The molecule has 0 aromatic heterocycles. The van der Waals surface area contributed by atoms with Gasteiger partial charge in [-0.05, 0) is 47.0 Å². The molecule has 1 saturated carbocycles. The molecule has 6 heteroatoms. The van der Waals surface area contributed by atoms with Gasteiger partial charge in [0.15, 0.2) is 0 Å². The Bertz CT molecular complexity index is 465. The Morgan fingerprint density at radius 1 is 1.17 bits per heavy atom. The maximum atomic E-state index is 12.4. The lowest BCUT2D eigenvalue weighted by Gasteiger charge is -2.33. The highest BCUT2D eigenvalue weighted by molar-refractivity contribution is 7.85. The number of nitrogens with one attached hydrogen (secondary N) is 2. The van der Waals surface area contributed by atoms with Crippen LogP contribution in [-0.4, -0.2) is 44.5 Å². The van der Waals surface area contributed by atoms with E-state index in [1.807, 2.05) is 20.8 Å². The average Bonchev–Trinajstić information content (AvgIpc) is 2.65. The van der Waals surface area contributed by atoms with Crippen molar-refractivity contribution in [1.29, 1.82) is 0 Å². The first kappa shape index (κ1) is 18.7. The number of hydrogen-bond donors (Lipinski definition) is 2. The molecule has 2 fully saturated rings. The zero-order valence-electron chi connectivity index (χ0n) is 15.1. The zero-order chi connectivity index (χ0) is 17.3. The van der Waals surface area contributed by atoms with E-state index in [1.165, 1.54) is 0 Å². The second-order valence-corrected chi connectivity index (χ2v) is 9.88. The van der Waals surface area contributed by atoms with Gasteiger partial charge in [-0.25, -0.2) is 4.79 Å². The lowest BCUT2D eigenvalue weighted by atomic mass is 9.94. The van der Waals surface area contributed by atoms with Crippen molar-refractivity contribution in [3.63, 3.8) is 0 Å². The fourth-order valence-corrected chi connectivity index (χ4v) is 5.37. The average molecular weight is 345 g/mol. The van der Waals surface area contributed by atoms with E-state index in [9.17, 15) is 9.00 Å². The molecule has 134 valence electrons. The van der Waals surface area contributed by atoms with Crippen LogP contribution < -0.4 is 10.6 Å². The molecule has 0 spiro atoms. The number of amides is 2. The molecule has 2 aliphatic rings. The summed E-state index contributed by atoms with van der Waals surface area (Å²) in [5, 5.41) is 6.24. The van der Waals surface area contributed by atoms with Gasteiger partial charge in [0.25, 0.3) is 0 Å². The molecule has 0 unspecified atom stereocenters. The molecule has 2 rings (SSSR count). The van der Waals surface area contributed by atoms with Gasteiger partial charge < -0.3 is 15.4 Å². The third kappa shape index (κ3) is 4.69. The van der Waals surface area contributed by atoms with E-state index in [0.717, 1.165) is 32.1 Å². The van der Waals surface area contributed by atoms with Crippen molar-refractivity contribution in [3.05, 3.63) is 0 Å². The molecular formula is C17H32N2O3S. The van der Waals surface area contributed by atoms with Crippen molar-refractivity contribution in [2.24, 2.45) is 0 Å². The Morgan fingerprint density at radius 2 is 1.83 bits per heavy atom. The van der Waals surface area contributed by atoms with Gasteiger partial charge in [0.1, 0.15) is 0 Å². The van der Waals surface area contributed by atoms with E-state index < -0.39 is 10.8 Å². The van der Waals surface area contributed by atoms with E-state index in [0.29, 0.717) is 5.75 Å². The predicted molar refractivity (Wildman–Crippen MR) is 94.0 cm³/mol. The van der Waals surface area contributed by atoms with Crippen LogP contribution in [0.15, 0.2) is 0 Å². The second kappa shape index (κ2) is 7.09. The van der Waals surface area contributed by atoms with Crippen LogP contribution in [-0.2, 0) is 15.5 Å². The maximum Gasteiger partial charge on any atom is 0.315 e. The number of carbonyl (C=O) groups excluding carboxylic acids is 1. The lowest BCUT2D eigenvalue weighted by Crippen LogP contribution is -2.55. The molecule has 2 amide bonds. The third-order valence-electron chi connectivity index (χ3n) is 5.02. The topological polar surface area (TPSA) is 67.4 Å². The molecule has 1 saturated heterocycles. The second-order valence-electron chi connectivity index (χ2n) is 7.94. The van der Waals surface area contributed by atoms with E-state index >= 15 is 0 Å². The molecule has 4 atom stereocenters. The fraction of sp³-hybridized carbons (Fsp3) is 0.941. The summed E-state index contributed by atoms with van der Waals surface area (Å²) in [4.78, 5) is 12.4. The quantitative estimate of drug-likeness (QED) is 0.824. The van der Waals surface area contributed by atoms with Gasteiger partial charge in [-0.2, -0.15) is 0 Å². The van der Waals surface area contributed by atoms with Gasteiger partial charge >= 0.3 is 6.03 Å². The molecule has 23 heavy (non-hydrogen) atoms. The molecule has 0 bridgehead atoms. The molecule has 0 radical (unpaired) electrons. The summed E-state index contributed by atoms with van der Waals surface area (Å²) in [5.74, 6) is 0.655. The van der Waals surface area contributed by atoms with Gasteiger partial charge in [-0.1, -0.05) is 19.8 Å². The predicted octanol–water partition coefficient (Wildman–Crippen LogP) is 2.71. The van der Waals surface area contributed by atoms with Gasteiger partial charge in [0, 0.05) is 22.6 Å². The largest absolute Gasteiger partial charge is 0.367 e. The van der Waals surface area contributed by atoms with Crippen LogP contribution in [0.4, 0.5) is 4.79 Å². The summed E-state index contributed by atoms with van der Waals surface area (Å²) >= 11 is 0. The highest BCUT2D eigenvalue weighted by Gasteiger charge is 2.46. The standard InChI is InChI=1S/C17H32N2O3S/c1-6-23(21)13-10-8-7-9-12(13)18-15(20)19-14-11-16(2,3)22-17(14,4)5/h12-14H,6-11H2,1-5H3,(H2,18,19,20)/t12-,13+,14-,23-/m0/s1. The van der Waals surface area contributed by atoms with Gasteiger partial charge in [0.2, 0.25) is 0 Å². The Labute approximate surface area is 142 Å². The summed E-state index contributed by atoms with van der Waals surface area (Å²) < 4.78 is 18.2. The monoisotopic (exact) mass is 344 g/mol. The van der Waals surface area contributed by atoms with Crippen molar-refractivity contribution in [2.75, 3.05) is 5.75 Å². The van der Waals surface area contributed by atoms with Gasteiger partial charge in [-0.15, -0.1) is 0 Å². The lowest BCUT2D eigenvalue weighted by molar-refractivity contribution is -0.0691. The molecule has 1 aliphatic carbocycles. The summed E-state index contributed by atoms with van der Waals surface area (Å²) in [5.41, 5.74) is -0.600. The first-order valence-corrected chi connectivity index (χ1v) is 10.2. The third-order valence-corrected chi connectivity index (χ3v) is 6.83. The summed E-state index contributed by atoms with van der Waals surface area (Å²) in [6, 6.07) is -0.159. The van der Waals surface area contributed by atoms with Crippen molar-refractivity contribution in [1.82, 2.24) is 10.6 Å². The van der Waals surface area contributed by atoms with Crippen LogP contribution in [0.5, 0.6) is 0 Å². The van der Waals surface area contributed by atoms with Crippen molar-refractivity contribution in [3.8, 4) is 0 Å². The highest BCUT2D eigenvalue weighted by atomic mass is 32.2. The summed E-state index contributed by atoms with van der Waals surface area (Å²) in [7, 11) is -0.859. The van der Waals surface area contributed by atoms with Crippen molar-refractivity contribution >= 4 is 16.8 Å². The minimum absolute atomic E-state index is 0.0166. The van der Waals surface area contributed by atoms with E-state index in [1.54, 1.807) is 0 Å². The van der Waals surface area contributed by atoms with E-state index in [2.05, 4.69) is 24.5 Å². The Hall–Kier alpha value is -0.620. The van der Waals surface area contributed by atoms with Crippen LogP contribution in [0.1, 0.15) is 66.7 Å². The molecule has 0 aromatic rings. The molecule has 0 aromatic carbocycles. The number of rotatable bonds is 4. The fourth-order valence-electron chi connectivity index (χ4n) is 3.95. The van der Waals surface area contributed by atoms with Gasteiger partial charge in [-0.3, -0.25) is 4.21 Å². The molecule has 1 aliphatic heterocycles. The first-order chi connectivity index (χ1) is 10.6. The normalized spacial score (nSPS) is 33.9. The van der Waals surface area contributed by atoms with E-state index in [-0.39, 0.29) is 34.6 Å². The van der Waals surface area contributed by atoms with Crippen molar-refractivity contribution < 1.29 is 13.7 Å². The van der Waals surface area contributed by atoms with Crippen LogP contribution in [0, 0.1) is 0 Å². The van der Waals surface area contributed by atoms with E-state index in [4.69, 9.17) is 4.74 Å². The van der Waals surface area contributed by atoms with Crippen LogP contribution in [0.25, 0.3) is 0 Å². The van der Waals surface area contributed by atoms with Crippen molar-refractivity contribution in [2.45, 2.75) is 95.3 Å². The van der Waals surface area contributed by atoms with Crippen LogP contribution in [0.3, 0.4) is 0 Å². The minimum atomic E-state index is -0.859. The number of carbonyl (C=O) groups is 1. The number of urea groups is 1. The summed E-state index contributed by atoms with van der Waals surface area (Å²) in [6.07, 6.45) is 4.85. The minimum Gasteiger partial charge on any atom is -0.367 e. The molecular weight excluding hydrogens is 312 g/mol. The van der Waals surface area contributed by atoms with Crippen LogP contribution >= 0.6 is 0 Å². The van der Waals surface area contributed by atoms with Crippen LogP contribution in [0.2, 0.25) is 0 Å². The summed E-state index contributed by atoms with van der Waals surface area (Å²) in [6.45, 7) is 10.1. The van der Waals surface area contributed by atoms with Gasteiger partial charge in [0.05, 0.1) is 22.5 Å².